The third-order valence-corrected chi connectivity index (χ3v) is 4.01. The van der Waals surface area contributed by atoms with Gasteiger partial charge in [-0.05, 0) is 37.7 Å². The highest BCUT2D eigenvalue weighted by Gasteiger charge is 2.50. The Balaban J connectivity index is 2.23. The summed E-state index contributed by atoms with van der Waals surface area (Å²) in [4.78, 5) is 0. The van der Waals surface area contributed by atoms with Crippen LogP contribution in [0.15, 0.2) is 11.6 Å². The Hall–Kier alpha value is -0.340. The molecule has 0 saturated carbocycles. The Bertz CT molecular complexity index is 306. The fraction of sp³-hybridized carbons (Fsp3) is 0.867. The van der Waals surface area contributed by atoms with E-state index >= 15 is 0 Å². The molecule has 0 aromatic rings. The highest BCUT2D eigenvalue weighted by atomic mass is 16.7. The predicted molar refractivity (Wildman–Crippen MR) is 69.8 cm³/mol. The van der Waals surface area contributed by atoms with Crippen LogP contribution in [0.4, 0.5) is 0 Å². The van der Waals surface area contributed by atoms with Crippen LogP contribution in [0.5, 0.6) is 0 Å². The van der Waals surface area contributed by atoms with Crippen LogP contribution in [0, 0.1) is 11.8 Å². The van der Waals surface area contributed by atoms with Crippen LogP contribution in [-0.2, 0) is 9.47 Å². The second kappa shape index (κ2) is 4.74. The van der Waals surface area contributed by atoms with E-state index in [1.807, 2.05) is 0 Å². The van der Waals surface area contributed by atoms with Crippen molar-refractivity contribution in [1.29, 1.82) is 0 Å². The average Bonchev–Trinajstić information content (AvgIpc) is 2.83. The Kier molecular flexibility index (Phi) is 3.65. The van der Waals surface area contributed by atoms with Crippen molar-refractivity contribution in [2.45, 2.75) is 71.9 Å². The molecule has 1 aliphatic carbocycles. The lowest BCUT2D eigenvalue weighted by atomic mass is 9.84. The Morgan fingerprint density at radius 1 is 1.24 bits per heavy atom. The molecule has 2 heteroatoms. The van der Waals surface area contributed by atoms with Gasteiger partial charge in [-0.2, -0.15) is 0 Å². The zero-order valence-corrected chi connectivity index (χ0v) is 11.8. The van der Waals surface area contributed by atoms with Gasteiger partial charge in [0.2, 0.25) is 0 Å². The Morgan fingerprint density at radius 3 is 2.41 bits per heavy atom. The van der Waals surface area contributed by atoms with Crippen molar-refractivity contribution in [2.24, 2.45) is 11.8 Å². The molecular formula is C15H26O2. The Labute approximate surface area is 105 Å². The average molecular weight is 238 g/mol. The van der Waals surface area contributed by atoms with E-state index in [2.05, 4.69) is 40.7 Å². The molecule has 17 heavy (non-hydrogen) atoms. The van der Waals surface area contributed by atoms with Gasteiger partial charge < -0.3 is 9.47 Å². The van der Waals surface area contributed by atoms with E-state index in [0.29, 0.717) is 11.8 Å². The first-order chi connectivity index (χ1) is 7.95. The van der Waals surface area contributed by atoms with Gasteiger partial charge in [0.25, 0.3) is 0 Å². The van der Waals surface area contributed by atoms with Crippen LogP contribution in [0.1, 0.15) is 53.9 Å². The predicted octanol–water partition coefficient (Wildman–Crippen LogP) is 3.91. The number of hydrogen-bond donors (Lipinski definition) is 0. The molecule has 2 nitrogen and oxygen atoms in total. The molecule has 0 N–H and O–H groups in total. The van der Waals surface area contributed by atoms with Crippen molar-refractivity contribution in [3.05, 3.63) is 11.6 Å². The van der Waals surface area contributed by atoms with Gasteiger partial charge in [0.15, 0.2) is 6.29 Å². The van der Waals surface area contributed by atoms with Gasteiger partial charge in [-0.15, -0.1) is 0 Å². The van der Waals surface area contributed by atoms with Gasteiger partial charge in [0.1, 0.15) is 5.60 Å². The third-order valence-electron chi connectivity index (χ3n) is 4.01. The van der Waals surface area contributed by atoms with Gasteiger partial charge in [0.05, 0.1) is 6.10 Å². The number of rotatable bonds is 3. The molecule has 1 aliphatic heterocycles. The minimum absolute atomic E-state index is 0.0473. The molecule has 0 bridgehead atoms. The monoisotopic (exact) mass is 238 g/mol. The highest BCUT2D eigenvalue weighted by molar-refractivity contribution is 5.24. The topological polar surface area (TPSA) is 18.5 Å². The summed E-state index contributed by atoms with van der Waals surface area (Å²) in [6.45, 7) is 11.0. The van der Waals surface area contributed by atoms with Crippen LogP contribution >= 0.6 is 0 Å². The molecule has 2 rings (SSSR count). The summed E-state index contributed by atoms with van der Waals surface area (Å²) in [6, 6.07) is 0. The van der Waals surface area contributed by atoms with E-state index in [0.717, 1.165) is 0 Å². The zero-order valence-electron chi connectivity index (χ0n) is 11.8. The first kappa shape index (κ1) is 13.1. The summed E-state index contributed by atoms with van der Waals surface area (Å²) >= 11 is 0. The quantitative estimate of drug-likeness (QED) is 0.694. The summed E-state index contributed by atoms with van der Waals surface area (Å²) in [5.41, 5.74) is 1.26. The van der Waals surface area contributed by atoms with E-state index in [4.69, 9.17) is 9.47 Å². The molecular weight excluding hydrogens is 212 g/mol. The SMILES string of the molecule is CC(C)[C@@H]1O[C@H](C(C)C)[C@@](C)(C2=CCCC2)O1. The fourth-order valence-corrected chi connectivity index (χ4v) is 3.08. The lowest BCUT2D eigenvalue weighted by Crippen LogP contribution is -2.41. The molecule has 0 amide bonds. The molecule has 1 fully saturated rings. The molecule has 98 valence electrons. The summed E-state index contributed by atoms with van der Waals surface area (Å²) in [5.74, 6) is 0.908. The van der Waals surface area contributed by atoms with Crippen molar-refractivity contribution < 1.29 is 9.47 Å². The van der Waals surface area contributed by atoms with Gasteiger partial charge >= 0.3 is 0 Å². The van der Waals surface area contributed by atoms with Crippen LogP contribution in [0.3, 0.4) is 0 Å². The molecule has 0 unspecified atom stereocenters. The molecule has 0 radical (unpaired) electrons. The smallest absolute Gasteiger partial charge is 0.161 e. The fourth-order valence-electron chi connectivity index (χ4n) is 3.08. The van der Waals surface area contributed by atoms with E-state index < -0.39 is 0 Å². The van der Waals surface area contributed by atoms with E-state index in [1.165, 1.54) is 24.8 Å². The molecule has 0 aromatic carbocycles. The van der Waals surface area contributed by atoms with Gasteiger partial charge in [-0.1, -0.05) is 33.8 Å². The standard InChI is InChI=1S/C15H26O2/c1-10(2)13-15(5,12-8-6-7-9-12)17-14(16-13)11(3)4/h8,10-11,13-14H,6-7,9H2,1-5H3/t13-,14-,15-/m1/s1. The van der Waals surface area contributed by atoms with E-state index in [-0.39, 0.29) is 18.0 Å². The normalized spacial score (nSPS) is 38.2. The first-order valence-corrected chi connectivity index (χ1v) is 6.98. The molecule has 1 saturated heterocycles. The lowest BCUT2D eigenvalue weighted by molar-refractivity contribution is -0.107. The first-order valence-electron chi connectivity index (χ1n) is 6.98. The molecule has 0 aromatic heterocycles. The summed E-state index contributed by atoms with van der Waals surface area (Å²) in [5, 5.41) is 0. The minimum Gasteiger partial charge on any atom is -0.345 e. The van der Waals surface area contributed by atoms with Crippen molar-refractivity contribution >= 4 is 0 Å². The minimum atomic E-state index is -0.195. The Morgan fingerprint density at radius 2 is 1.94 bits per heavy atom. The maximum absolute atomic E-state index is 6.28. The number of allylic oxidation sites excluding steroid dienone is 1. The maximum atomic E-state index is 6.28. The van der Waals surface area contributed by atoms with Gasteiger partial charge in [-0.25, -0.2) is 0 Å². The molecule has 3 atom stereocenters. The van der Waals surface area contributed by atoms with Crippen molar-refractivity contribution in [3.8, 4) is 0 Å². The van der Waals surface area contributed by atoms with Crippen LogP contribution < -0.4 is 0 Å². The van der Waals surface area contributed by atoms with Crippen molar-refractivity contribution in [2.75, 3.05) is 0 Å². The third kappa shape index (κ3) is 2.30. The molecule has 1 heterocycles. The second-order valence-corrected chi connectivity index (χ2v) is 6.26. The van der Waals surface area contributed by atoms with E-state index in [9.17, 15) is 0 Å². The van der Waals surface area contributed by atoms with Crippen LogP contribution in [0.25, 0.3) is 0 Å². The van der Waals surface area contributed by atoms with Crippen LogP contribution in [-0.4, -0.2) is 18.0 Å². The van der Waals surface area contributed by atoms with Crippen molar-refractivity contribution in [3.63, 3.8) is 0 Å². The molecule has 2 aliphatic rings. The molecule has 0 spiro atoms. The van der Waals surface area contributed by atoms with Gasteiger partial charge in [-0.3, -0.25) is 0 Å². The lowest BCUT2D eigenvalue weighted by Gasteiger charge is -2.32. The highest BCUT2D eigenvalue weighted by Crippen LogP contribution is 2.44. The largest absolute Gasteiger partial charge is 0.345 e. The van der Waals surface area contributed by atoms with Gasteiger partial charge in [0, 0.05) is 5.92 Å². The van der Waals surface area contributed by atoms with Crippen LogP contribution in [0.2, 0.25) is 0 Å². The number of ether oxygens (including phenoxy) is 2. The van der Waals surface area contributed by atoms with Crippen molar-refractivity contribution in [1.82, 2.24) is 0 Å². The summed E-state index contributed by atoms with van der Waals surface area (Å²) < 4.78 is 12.4. The number of hydrogen-bond acceptors (Lipinski definition) is 2. The summed E-state index contributed by atoms with van der Waals surface area (Å²) in [7, 11) is 0. The van der Waals surface area contributed by atoms with E-state index in [1.54, 1.807) is 0 Å². The zero-order chi connectivity index (χ0) is 12.6. The second-order valence-electron chi connectivity index (χ2n) is 6.26. The maximum Gasteiger partial charge on any atom is 0.161 e. The summed E-state index contributed by atoms with van der Waals surface area (Å²) in [6.07, 6.45) is 6.15.